The summed E-state index contributed by atoms with van der Waals surface area (Å²) in [6, 6.07) is 10.2. The number of nitrogens with one attached hydrogen (secondary N) is 1. The number of carbonyl (C=O) groups excluding carboxylic acids is 1. The SMILES string of the molecule is O=C(O)c1ccccc1C(=O)N1CCCC1c1ccc[nH]1. The summed E-state index contributed by atoms with van der Waals surface area (Å²) in [7, 11) is 0. The van der Waals surface area contributed by atoms with Crippen molar-refractivity contribution in [3.63, 3.8) is 0 Å². The van der Waals surface area contributed by atoms with Crippen molar-refractivity contribution in [3.05, 3.63) is 59.4 Å². The van der Waals surface area contributed by atoms with Gasteiger partial charge in [0.25, 0.3) is 5.91 Å². The molecule has 1 amide bonds. The number of aromatic nitrogens is 1. The van der Waals surface area contributed by atoms with Gasteiger partial charge in [-0.2, -0.15) is 0 Å². The average Bonchev–Trinajstić information content (AvgIpc) is 3.16. The number of aromatic carboxylic acids is 1. The van der Waals surface area contributed by atoms with Gasteiger partial charge in [-0.1, -0.05) is 12.1 Å². The summed E-state index contributed by atoms with van der Waals surface area (Å²) in [5.41, 5.74) is 1.30. The normalized spacial score (nSPS) is 17.9. The summed E-state index contributed by atoms with van der Waals surface area (Å²) < 4.78 is 0. The number of H-pyrrole nitrogens is 1. The Bertz CT molecular complexity index is 664. The number of hydrogen-bond acceptors (Lipinski definition) is 2. The van der Waals surface area contributed by atoms with Crippen LogP contribution in [0.25, 0.3) is 0 Å². The molecule has 3 rings (SSSR count). The van der Waals surface area contributed by atoms with Gasteiger partial charge in [-0.25, -0.2) is 4.79 Å². The van der Waals surface area contributed by atoms with E-state index in [2.05, 4.69) is 4.98 Å². The zero-order valence-electron chi connectivity index (χ0n) is 11.5. The van der Waals surface area contributed by atoms with Gasteiger partial charge in [0.1, 0.15) is 0 Å². The van der Waals surface area contributed by atoms with Crippen LogP contribution in [0.15, 0.2) is 42.6 Å². The third-order valence-electron chi connectivity index (χ3n) is 3.88. The van der Waals surface area contributed by atoms with Crippen LogP contribution in [-0.2, 0) is 0 Å². The first kappa shape index (κ1) is 13.4. The topological polar surface area (TPSA) is 73.4 Å². The summed E-state index contributed by atoms with van der Waals surface area (Å²) in [4.78, 5) is 28.9. The molecule has 2 N–H and O–H groups in total. The number of nitrogens with zero attached hydrogens (tertiary/aromatic N) is 1. The van der Waals surface area contributed by atoms with Crippen molar-refractivity contribution in [3.8, 4) is 0 Å². The number of benzene rings is 1. The highest BCUT2D eigenvalue weighted by Crippen LogP contribution is 2.32. The maximum atomic E-state index is 12.7. The van der Waals surface area contributed by atoms with Gasteiger partial charge in [0.2, 0.25) is 0 Å². The van der Waals surface area contributed by atoms with Crippen molar-refractivity contribution in [2.45, 2.75) is 18.9 Å². The van der Waals surface area contributed by atoms with E-state index < -0.39 is 5.97 Å². The quantitative estimate of drug-likeness (QED) is 0.910. The van der Waals surface area contributed by atoms with Gasteiger partial charge in [0.15, 0.2) is 0 Å². The van der Waals surface area contributed by atoms with Crippen molar-refractivity contribution in [2.75, 3.05) is 6.54 Å². The number of carbonyl (C=O) groups is 2. The molecule has 0 spiro atoms. The van der Waals surface area contributed by atoms with Gasteiger partial charge in [0, 0.05) is 18.4 Å². The second kappa shape index (κ2) is 5.44. The van der Waals surface area contributed by atoms with Gasteiger partial charge in [-0.05, 0) is 37.1 Å². The molecule has 2 heterocycles. The van der Waals surface area contributed by atoms with Crippen molar-refractivity contribution in [1.82, 2.24) is 9.88 Å². The lowest BCUT2D eigenvalue weighted by Crippen LogP contribution is -2.31. The molecule has 1 fully saturated rings. The van der Waals surface area contributed by atoms with Gasteiger partial charge in [-0.3, -0.25) is 4.79 Å². The van der Waals surface area contributed by atoms with Crippen LogP contribution in [0.4, 0.5) is 0 Å². The lowest BCUT2D eigenvalue weighted by Gasteiger charge is -2.24. The molecule has 5 heteroatoms. The Kier molecular flexibility index (Phi) is 3.48. The molecule has 0 radical (unpaired) electrons. The maximum absolute atomic E-state index is 12.7. The minimum atomic E-state index is -1.07. The zero-order valence-corrected chi connectivity index (χ0v) is 11.5. The number of aromatic amines is 1. The Morgan fingerprint density at radius 3 is 2.57 bits per heavy atom. The highest BCUT2D eigenvalue weighted by molar-refractivity contribution is 6.04. The Balaban J connectivity index is 1.93. The monoisotopic (exact) mass is 284 g/mol. The van der Waals surface area contributed by atoms with E-state index in [0.717, 1.165) is 18.5 Å². The number of amides is 1. The number of hydrogen-bond donors (Lipinski definition) is 2. The smallest absolute Gasteiger partial charge is 0.336 e. The summed E-state index contributed by atoms with van der Waals surface area (Å²) in [5, 5.41) is 9.23. The van der Waals surface area contributed by atoms with Gasteiger partial charge >= 0.3 is 5.97 Å². The highest BCUT2D eigenvalue weighted by atomic mass is 16.4. The standard InChI is InChI=1S/C16H16N2O3/c19-15(11-5-1-2-6-12(11)16(20)21)18-10-4-8-14(18)13-7-3-9-17-13/h1-3,5-7,9,14,17H,4,8,10H2,(H,20,21). The van der Waals surface area contributed by atoms with Crippen molar-refractivity contribution < 1.29 is 14.7 Å². The molecular weight excluding hydrogens is 268 g/mol. The first-order valence-corrected chi connectivity index (χ1v) is 6.95. The van der Waals surface area contributed by atoms with E-state index in [1.807, 2.05) is 18.3 Å². The fourth-order valence-electron chi connectivity index (χ4n) is 2.90. The Morgan fingerprint density at radius 2 is 1.90 bits per heavy atom. The second-order valence-corrected chi connectivity index (χ2v) is 5.13. The largest absolute Gasteiger partial charge is 0.478 e. The van der Waals surface area contributed by atoms with E-state index in [9.17, 15) is 14.7 Å². The van der Waals surface area contributed by atoms with Crippen molar-refractivity contribution in [2.24, 2.45) is 0 Å². The third-order valence-corrected chi connectivity index (χ3v) is 3.88. The number of carboxylic acids is 1. The van der Waals surface area contributed by atoms with Gasteiger partial charge in [0.05, 0.1) is 17.2 Å². The fourth-order valence-corrected chi connectivity index (χ4v) is 2.90. The zero-order chi connectivity index (χ0) is 14.8. The first-order valence-electron chi connectivity index (χ1n) is 6.95. The lowest BCUT2D eigenvalue weighted by molar-refractivity contribution is 0.0669. The molecule has 2 aromatic rings. The molecule has 21 heavy (non-hydrogen) atoms. The summed E-state index contributed by atoms with van der Waals surface area (Å²) in [5.74, 6) is -1.29. The molecule has 1 aliphatic heterocycles. The molecule has 0 saturated carbocycles. The van der Waals surface area contributed by atoms with E-state index in [-0.39, 0.29) is 23.1 Å². The molecule has 5 nitrogen and oxygen atoms in total. The number of likely N-dealkylation sites (tertiary alicyclic amines) is 1. The van der Waals surface area contributed by atoms with Crippen LogP contribution >= 0.6 is 0 Å². The summed E-state index contributed by atoms with van der Waals surface area (Å²) in [6.45, 7) is 0.649. The predicted octanol–water partition coefficient (Wildman–Crippen LogP) is 2.69. The molecule has 1 unspecified atom stereocenters. The van der Waals surface area contributed by atoms with E-state index >= 15 is 0 Å². The van der Waals surface area contributed by atoms with Crippen LogP contribution in [0.2, 0.25) is 0 Å². The Hall–Kier alpha value is -2.56. The highest BCUT2D eigenvalue weighted by Gasteiger charge is 2.32. The molecule has 0 aliphatic carbocycles. The van der Waals surface area contributed by atoms with E-state index in [0.29, 0.717) is 6.54 Å². The van der Waals surface area contributed by atoms with Crippen LogP contribution in [-0.4, -0.2) is 33.4 Å². The molecule has 1 aliphatic rings. The fraction of sp³-hybridized carbons (Fsp3) is 0.250. The number of rotatable bonds is 3. The second-order valence-electron chi connectivity index (χ2n) is 5.13. The minimum Gasteiger partial charge on any atom is -0.478 e. The van der Waals surface area contributed by atoms with Crippen LogP contribution in [0.1, 0.15) is 45.3 Å². The molecule has 1 aromatic carbocycles. The van der Waals surface area contributed by atoms with Crippen molar-refractivity contribution in [1.29, 1.82) is 0 Å². The molecule has 1 atom stereocenters. The number of carboxylic acid groups (broad SMARTS) is 1. The average molecular weight is 284 g/mol. The van der Waals surface area contributed by atoms with E-state index in [4.69, 9.17) is 0 Å². The summed E-state index contributed by atoms with van der Waals surface area (Å²) in [6.07, 6.45) is 3.65. The van der Waals surface area contributed by atoms with E-state index in [1.54, 1.807) is 23.1 Å². The molecule has 0 bridgehead atoms. The van der Waals surface area contributed by atoms with Crippen LogP contribution < -0.4 is 0 Å². The molecule has 1 saturated heterocycles. The van der Waals surface area contributed by atoms with Crippen molar-refractivity contribution >= 4 is 11.9 Å². The lowest BCUT2D eigenvalue weighted by atomic mass is 10.1. The first-order chi connectivity index (χ1) is 10.2. The molecule has 1 aromatic heterocycles. The Labute approximate surface area is 122 Å². The molecule has 108 valence electrons. The Morgan fingerprint density at radius 1 is 1.14 bits per heavy atom. The third kappa shape index (κ3) is 2.42. The van der Waals surface area contributed by atoms with Crippen LogP contribution in [0.3, 0.4) is 0 Å². The molecular formula is C16H16N2O3. The predicted molar refractivity (Wildman–Crippen MR) is 77.2 cm³/mol. The van der Waals surface area contributed by atoms with Crippen LogP contribution in [0, 0.1) is 0 Å². The summed E-state index contributed by atoms with van der Waals surface area (Å²) >= 11 is 0. The van der Waals surface area contributed by atoms with Gasteiger partial charge in [-0.15, -0.1) is 0 Å². The van der Waals surface area contributed by atoms with E-state index in [1.165, 1.54) is 6.07 Å². The minimum absolute atomic E-state index is 0.00523. The van der Waals surface area contributed by atoms with Crippen LogP contribution in [0.5, 0.6) is 0 Å². The maximum Gasteiger partial charge on any atom is 0.336 e. The van der Waals surface area contributed by atoms with Gasteiger partial charge < -0.3 is 15.0 Å².